The summed E-state index contributed by atoms with van der Waals surface area (Å²) in [7, 11) is 0. The molecule has 3 aromatic rings. The van der Waals surface area contributed by atoms with E-state index in [2.05, 4.69) is 5.32 Å². The lowest BCUT2D eigenvalue weighted by atomic mass is 10.1. The molecule has 0 radical (unpaired) electrons. The summed E-state index contributed by atoms with van der Waals surface area (Å²) in [5, 5.41) is 12.9. The van der Waals surface area contributed by atoms with E-state index in [1.54, 1.807) is 24.5 Å². The fraction of sp³-hybridized carbons (Fsp3) is 0.167. The van der Waals surface area contributed by atoms with E-state index in [1.807, 2.05) is 31.2 Å². The fourth-order valence-corrected chi connectivity index (χ4v) is 2.45. The first-order valence-electron chi connectivity index (χ1n) is 7.12. The summed E-state index contributed by atoms with van der Waals surface area (Å²) in [5.74, 6) is -0.113. The minimum Gasteiger partial charge on any atom is -0.464 e. The number of aliphatic hydroxyl groups is 1. The molecule has 0 saturated heterocycles. The summed E-state index contributed by atoms with van der Waals surface area (Å²) in [5.41, 5.74) is 4.23. The summed E-state index contributed by atoms with van der Waals surface area (Å²) in [6.07, 6.45) is 1.88. The highest BCUT2D eigenvalue weighted by Gasteiger charge is 2.11. The van der Waals surface area contributed by atoms with Gasteiger partial charge in [-0.2, -0.15) is 0 Å². The van der Waals surface area contributed by atoms with Crippen molar-refractivity contribution in [3.63, 3.8) is 0 Å². The third-order valence-electron chi connectivity index (χ3n) is 3.56. The van der Waals surface area contributed by atoms with Crippen LogP contribution in [0.3, 0.4) is 0 Å². The first kappa shape index (κ1) is 14.4. The van der Waals surface area contributed by atoms with Gasteiger partial charge < -0.3 is 14.8 Å². The molecular weight excluding hydrogens is 278 g/mol. The Bertz CT molecular complexity index is 820. The molecule has 0 aliphatic heterocycles. The standard InChI is InChI=1S/C18H17NO3/c1-12-5-6-16-14(11-22-17(16)7-12)9-18(21)19-15-4-2-3-13(8-15)10-20/h2-8,11,20H,9-10H2,1H3,(H,19,21). The molecule has 1 amide bonds. The molecule has 0 bridgehead atoms. The average molecular weight is 295 g/mol. The second-order valence-corrected chi connectivity index (χ2v) is 5.34. The second-order valence-electron chi connectivity index (χ2n) is 5.34. The van der Waals surface area contributed by atoms with E-state index < -0.39 is 0 Å². The lowest BCUT2D eigenvalue weighted by Crippen LogP contribution is -2.14. The molecule has 0 spiro atoms. The van der Waals surface area contributed by atoms with Crippen LogP contribution in [0, 0.1) is 6.92 Å². The van der Waals surface area contributed by atoms with Gasteiger partial charge in [0, 0.05) is 16.6 Å². The van der Waals surface area contributed by atoms with E-state index in [1.165, 1.54) is 0 Å². The van der Waals surface area contributed by atoms with Gasteiger partial charge >= 0.3 is 0 Å². The molecule has 0 unspecified atom stereocenters. The molecule has 3 rings (SSSR count). The Labute approximate surface area is 128 Å². The fourth-order valence-electron chi connectivity index (χ4n) is 2.45. The molecule has 0 fully saturated rings. The van der Waals surface area contributed by atoms with Crippen LogP contribution in [0.1, 0.15) is 16.7 Å². The number of nitrogens with one attached hydrogen (secondary N) is 1. The number of furan rings is 1. The van der Waals surface area contributed by atoms with Gasteiger partial charge in [-0.25, -0.2) is 0 Å². The molecular formula is C18H17NO3. The predicted molar refractivity (Wildman–Crippen MR) is 85.6 cm³/mol. The number of amides is 1. The Morgan fingerprint density at radius 1 is 1.23 bits per heavy atom. The van der Waals surface area contributed by atoms with Crippen molar-refractivity contribution in [1.29, 1.82) is 0 Å². The summed E-state index contributed by atoms with van der Waals surface area (Å²) >= 11 is 0. The van der Waals surface area contributed by atoms with Crippen LogP contribution in [0.15, 0.2) is 53.1 Å². The van der Waals surface area contributed by atoms with E-state index >= 15 is 0 Å². The predicted octanol–water partition coefficient (Wildman–Crippen LogP) is 3.41. The van der Waals surface area contributed by atoms with Crippen LogP contribution < -0.4 is 5.32 Å². The van der Waals surface area contributed by atoms with Gasteiger partial charge in [-0.05, 0) is 36.2 Å². The Morgan fingerprint density at radius 2 is 2.09 bits per heavy atom. The smallest absolute Gasteiger partial charge is 0.228 e. The molecule has 2 N–H and O–H groups in total. The lowest BCUT2D eigenvalue weighted by molar-refractivity contribution is -0.115. The van der Waals surface area contributed by atoms with Gasteiger partial charge in [0.05, 0.1) is 19.3 Å². The number of hydrogen-bond donors (Lipinski definition) is 2. The largest absolute Gasteiger partial charge is 0.464 e. The van der Waals surface area contributed by atoms with Crippen molar-refractivity contribution in [2.75, 3.05) is 5.32 Å². The highest BCUT2D eigenvalue weighted by molar-refractivity contribution is 5.95. The molecule has 0 saturated carbocycles. The molecule has 22 heavy (non-hydrogen) atoms. The molecule has 2 aromatic carbocycles. The Morgan fingerprint density at radius 3 is 2.91 bits per heavy atom. The number of aryl methyl sites for hydroxylation is 1. The van der Waals surface area contributed by atoms with Gasteiger partial charge in [-0.15, -0.1) is 0 Å². The van der Waals surface area contributed by atoms with Gasteiger partial charge in [0.2, 0.25) is 5.91 Å². The van der Waals surface area contributed by atoms with E-state index in [4.69, 9.17) is 9.52 Å². The molecule has 4 heteroatoms. The maximum absolute atomic E-state index is 12.2. The number of anilines is 1. The number of hydrogen-bond acceptors (Lipinski definition) is 3. The van der Waals surface area contributed by atoms with Crippen LogP contribution in [0.4, 0.5) is 5.69 Å². The first-order valence-corrected chi connectivity index (χ1v) is 7.12. The van der Waals surface area contributed by atoms with E-state index in [9.17, 15) is 4.79 Å². The SMILES string of the molecule is Cc1ccc2c(CC(=O)Nc3cccc(CO)c3)coc2c1. The summed E-state index contributed by atoms with van der Waals surface area (Å²) in [6, 6.07) is 13.1. The quantitative estimate of drug-likeness (QED) is 0.775. The minimum atomic E-state index is -0.113. The van der Waals surface area contributed by atoms with Crippen molar-refractivity contribution in [2.45, 2.75) is 20.0 Å². The third kappa shape index (κ3) is 3.02. The summed E-state index contributed by atoms with van der Waals surface area (Å²) < 4.78 is 5.50. The minimum absolute atomic E-state index is 0.0462. The van der Waals surface area contributed by atoms with Crippen LogP contribution in [0.5, 0.6) is 0 Å². The molecule has 0 atom stereocenters. The first-order chi connectivity index (χ1) is 10.7. The van der Waals surface area contributed by atoms with Gasteiger partial charge in [0.25, 0.3) is 0 Å². The number of fused-ring (bicyclic) bond motifs is 1. The van der Waals surface area contributed by atoms with Gasteiger partial charge in [-0.3, -0.25) is 4.79 Å². The topological polar surface area (TPSA) is 62.5 Å². The molecule has 4 nitrogen and oxygen atoms in total. The van der Waals surface area contributed by atoms with E-state index in [-0.39, 0.29) is 18.9 Å². The lowest BCUT2D eigenvalue weighted by Gasteiger charge is -2.06. The second kappa shape index (κ2) is 6.03. The van der Waals surface area contributed by atoms with Gasteiger partial charge in [-0.1, -0.05) is 24.3 Å². The van der Waals surface area contributed by atoms with Crippen molar-refractivity contribution < 1.29 is 14.3 Å². The molecule has 0 aliphatic rings. The normalized spacial score (nSPS) is 10.8. The summed E-state index contributed by atoms with van der Waals surface area (Å²) in [6.45, 7) is 1.96. The van der Waals surface area contributed by atoms with Crippen molar-refractivity contribution >= 4 is 22.6 Å². The van der Waals surface area contributed by atoms with Gasteiger partial charge in [0.1, 0.15) is 5.58 Å². The number of carbonyl (C=O) groups excluding carboxylic acids is 1. The summed E-state index contributed by atoms with van der Waals surface area (Å²) in [4.78, 5) is 12.2. The van der Waals surface area contributed by atoms with Crippen LogP contribution in [-0.4, -0.2) is 11.0 Å². The Balaban J connectivity index is 1.75. The Hall–Kier alpha value is -2.59. The van der Waals surface area contributed by atoms with Crippen molar-refractivity contribution in [3.05, 3.63) is 65.4 Å². The number of rotatable bonds is 4. The number of carbonyl (C=O) groups is 1. The monoisotopic (exact) mass is 295 g/mol. The molecule has 1 aromatic heterocycles. The van der Waals surface area contributed by atoms with Crippen LogP contribution in [0.25, 0.3) is 11.0 Å². The molecule has 1 heterocycles. The number of benzene rings is 2. The maximum atomic E-state index is 12.2. The molecule has 0 aliphatic carbocycles. The third-order valence-corrected chi connectivity index (χ3v) is 3.56. The zero-order valence-corrected chi connectivity index (χ0v) is 12.3. The maximum Gasteiger partial charge on any atom is 0.228 e. The number of aliphatic hydroxyl groups excluding tert-OH is 1. The highest BCUT2D eigenvalue weighted by Crippen LogP contribution is 2.23. The van der Waals surface area contributed by atoms with Crippen LogP contribution in [0.2, 0.25) is 0 Å². The average Bonchev–Trinajstić information content (AvgIpc) is 2.89. The van der Waals surface area contributed by atoms with Crippen molar-refractivity contribution in [2.24, 2.45) is 0 Å². The van der Waals surface area contributed by atoms with Crippen molar-refractivity contribution in [3.8, 4) is 0 Å². The van der Waals surface area contributed by atoms with E-state index in [0.717, 1.165) is 27.7 Å². The van der Waals surface area contributed by atoms with E-state index in [0.29, 0.717) is 5.69 Å². The molecule has 112 valence electrons. The van der Waals surface area contributed by atoms with Crippen LogP contribution >= 0.6 is 0 Å². The zero-order valence-electron chi connectivity index (χ0n) is 12.3. The van der Waals surface area contributed by atoms with Crippen molar-refractivity contribution in [1.82, 2.24) is 0 Å². The Kier molecular flexibility index (Phi) is 3.94. The van der Waals surface area contributed by atoms with Gasteiger partial charge in [0.15, 0.2) is 0 Å². The highest BCUT2D eigenvalue weighted by atomic mass is 16.3. The van der Waals surface area contributed by atoms with Crippen LogP contribution in [-0.2, 0) is 17.8 Å². The zero-order chi connectivity index (χ0) is 15.5.